The lowest BCUT2D eigenvalue weighted by Crippen LogP contribution is -2.43. The molecule has 128 valence electrons. The standard InChI is InChI=1S/C17H18N6O2/c24-16(10-22-6-5-18-12-22)23-7-8-25-15(9-23)13-1-3-14(4-2-13)17-19-11-20-21-17/h1-6,11-12,15H,7-10H2,(H,19,20,21). The molecule has 1 amide bonds. The molecule has 2 aromatic heterocycles. The monoisotopic (exact) mass is 338 g/mol. The quantitative estimate of drug-likeness (QED) is 0.774. The minimum atomic E-state index is -0.121. The Morgan fingerprint density at radius 3 is 2.92 bits per heavy atom. The van der Waals surface area contributed by atoms with E-state index in [4.69, 9.17) is 4.74 Å². The first kappa shape index (κ1) is 15.5. The normalized spacial score (nSPS) is 17.6. The van der Waals surface area contributed by atoms with Crippen molar-refractivity contribution in [1.82, 2.24) is 29.6 Å². The number of H-pyrrole nitrogens is 1. The van der Waals surface area contributed by atoms with Gasteiger partial charge in [-0.05, 0) is 5.56 Å². The second kappa shape index (κ2) is 6.86. The fourth-order valence-electron chi connectivity index (χ4n) is 2.91. The van der Waals surface area contributed by atoms with E-state index in [-0.39, 0.29) is 12.0 Å². The Morgan fingerprint density at radius 1 is 1.32 bits per heavy atom. The van der Waals surface area contributed by atoms with Gasteiger partial charge in [-0.3, -0.25) is 9.89 Å². The van der Waals surface area contributed by atoms with Crippen molar-refractivity contribution in [3.8, 4) is 11.4 Å². The van der Waals surface area contributed by atoms with Crippen molar-refractivity contribution in [3.63, 3.8) is 0 Å². The zero-order valence-electron chi connectivity index (χ0n) is 13.6. The van der Waals surface area contributed by atoms with E-state index in [1.807, 2.05) is 29.2 Å². The Labute approximate surface area is 144 Å². The first-order valence-corrected chi connectivity index (χ1v) is 8.10. The number of hydrogen-bond donors (Lipinski definition) is 1. The van der Waals surface area contributed by atoms with Crippen molar-refractivity contribution in [2.75, 3.05) is 19.7 Å². The number of hydrogen-bond acceptors (Lipinski definition) is 5. The lowest BCUT2D eigenvalue weighted by Gasteiger charge is -2.33. The molecule has 8 nitrogen and oxygen atoms in total. The Balaban J connectivity index is 1.43. The predicted octanol–water partition coefficient (Wildman–Crippen LogP) is 1.27. The van der Waals surface area contributed by atoms with Crippen LogP contribution in [0.1, 0.15) is 11.7 Å². The summed E-state index contributed by atoms with van der Waals surface area (Å²) in [5.41, 5.74) is 2.01. The van der Waals surface area contributed by atoms with Crippen molar-refractivity contribution in [3.05, 3.63) is 54.9 Å². The Kier molecular flexibility index (Phi) is 4.26. The SMILES string of the molecule is O=C(Cn1ccnc1)N1CCOC(c2ccc(-c3ncn[nH]3)cc2)C1. The van der Waals surface area contributed by atoms with Gasteiger partial charge in [-0.2, -0.15) is 5.10 Å². The number of morpholine rings is 1. The van der Waals surface area contributed by atoms with Crippen molar-refractivity contribution in [2.45, 2.75) is 12.6 Å². The molecule has 0 spiro atoms. The molecule has 3 aromatic rings. The Hall–Kier alpha value is -3.00. The zero-order chi connectivity index (χ0) is 17.1. The zero-order valence-corrected chi connectivity index (χ0v) is 13.6. The molecule has 8 heteroatoms. The average Bonchev–Trinajstić information content (AvgIpc) is 3.36. The van der Waals surface area contributed by atoms with Crippen molar-refractivity contribution < 1.29 is 9.53 Å². The summed E-state index contributed by atoms with van der Waals surface area (Å²) in [6, 6.07) is 7.97. The van der Waals surface area contributed by atoms with Gasteiger partial charge in [0.1, 0.15) is 19.0 Å². The van der Waals surface area contributed by atoms with Crippen LogP contribution in [0.15, 0.2) is 49.3 Å². The maximum atomic E-state index is 12.5. The summed E-state index contributed by atoms with van der Waals surface area (Å²) in [4.78, 5) is 22.4. The van der Waals surface area contributed by atoms with Crippen molar-refractivity contribution in [1.29, 1.82) is 0 Å². The highest BCUT2D eigenvalue weighted by atomic mass is 16.5. The predicted molar refractivity (Wildman–Crippen MR) is 89.3 cm³/mol. The van der Waals surface area contributed by atoms with Crippen LogP contribution in [0.3, 0.4) is 0 Å². The Bertz CT molecular complexity index is 813. The number of amides is 1. The summed E-state index contributed by atoms with van der Waals surface area (Å²) in [7, 11) is 0. The first-order valence-electron chi connectivity index (χ1n) is 8.10. The van der Waals surface area contributed by atoms with Crippen LogP contribution in [0.25, 0.3) is 11.4 Å². The number of carbonyl (C=O) groups is 1. The second-order valence-corrected chi connectivity index (χ2v) is 5.89. The van der Waals surface area contributed by atoms with Gasteiger partial charge in [0.2, 0.25) is 5.91 Å². The molecule has 0 radical (unpaired) electrons. The Morgan fingerprint density at radius 2 is 2.20 bits per heavy atom. The molecule has 1 unspecified atom stereocenters. The van der Waals surface area contributed by atoms with Crippen LogP contribution >= 0.6 is 0 Å². The van der Waals surface area contributed by atoms with Gasteiger partial charge in [0.05, 0.1) is 19.5 Å². The van der Waals surface area contributed by atoms with E-state index < -0.39 is 0 Å². The highest BCUT2D eigenvalue weighted by Gasteiger charge is 2.25. The summed E-state index contributed by atoms with van der Waals surface area (Å²) >= 11 is 0. The van der Waals surface area contributed by atoms with Crippen LogP contribution in [-0.2, 0) is 16.1 Å². The summed E-state index contributed by atoms with van der Waals surface area (Å²) < 4.78 is 7.64. The largest absolute Gasteiger partial charge is 0.370 e. The maximum Gasteiger partial charge on any atom is 0.242 e. The van der Waals surface area contributed by atoms with E-state index in [0.717, 1.165) is 17.0 Å². The van der Waals surface area contributed by atoms with E-state index in [0.29, 0.717) is 26.2 Å². The number of rotatable bonds is 4. The lowest BCUT2D eigenvalue weighted by atomic mass is 10.0. The van der Waals surface area contributed by atoms with E-state index in [1.165, 1.54) is 6.33 Å². The molecule has 1 atom stereocenters. The number of aromatic amines is 1. The van der Waals surface area contributed by atoms with Gasteiger partial charge >= 0.3 is 0 Å². The van der Waals surface area contributed by atoms with Gasteiger partial charge in [-0.1, -0.05) is 24.3 Å². The van der Waals surface area contributed by atoms with Gasteiger partial charge in [0.25, 0.3) is 0 Å². The third-order valence-electron chi connectivity index (χ3n) is 4.27. The molecule has 3 heterocycles. The lowest BCUT2D eigenvalue weighted by molar-refractivity contribution is -0.139. The van der Waals surface area contributed by atoms with E-state index >= 15 is 0 Å². The number of imidazole rings is 1. The van der Waals surface area contributed by atoms with Gasteiger partial charge < -0.3 is 14.2 Å². The molecule has 1 fully saturated rings. The molecule has 4 rings (SSSR count). The number of aromatic nitrogens is 5. The first-order chi connectivity index (χ1) is 12.3. The van der Waals surface area contributed by atoms with Crippen LogP contribution in [0.4, 0.5) is 0 Å². The molecule has 0 saturated carbocycles. The molecule has 1 aliphatic heterocycles. The van der Waals surface area contributed by atoms with Gasteiger partial charge in [-0.15, -0.1) is 0 Å². The topological polar surface area (TPSA) is 88.9 Å². The number of carbonyl (C=O) groups excluding carboxylic acids is 1. The van der Waals surface area contributed by atoms with Crippen LogP contribution in [0.2, 0.25) is 0 Å². The third-order valence-corrected chi connectivity index (χ3v) is 4.27. The van der Waals surface area contributed by atoms with Gasteiger partial charge in [0, 0.05) is 24.5 Å². The van der Waals surface area contributed by atoms with Crippen molar-refractivity contribution >= 4 is 5.91 Å². The number of nitrogens with one attached hydrogen (secondary N) is 1. The van der Waals surface area contributed by atoms with Crippen LogP contribution in [0.5, 0.6) is 0 Å². The molecular weight excluding hydrogens is 320 g/mol. The van der Waals surface area contributed by atoms with Crippen LogP contribution in [-0.4, -0.2) is 55.2 Å². The minimum Gasteiger partial charge on any atom is -0.370 e. The summed E-state index contributed by atoms with van der Waals surface area (Å²) in [5, 5.41) is 6.70. The third kappa shape index (κ3) is 3.43. The summed E-state index contributed by atoms with van der Waals surface area (Å²) in [5.74, 6) is 0.804. The van der Waals surface area contributed by atoms with Crippen molar-refractivity contribution in [2.24, 2.45) is 0 Å². The van der Waals surface area contributed by atoms with Crippen LogP contribution < -0.4 is 0 Å². The summed E-state index contributed by atoms with van der Waals surface area (Å²) in [6.07, 6.45) is 6.48. The highest BCUT2D eigenvalue weighted by Crippen LogP contribution is 2.24. The van der Waals surface area contributed by atoms with Crippen LogP contribution in [0, 0.1) is 0 Å². The minimum absolute atomic E-state index is 0.0737. The fraction of sp³-hybridized carbons (Fsp3) is 0.294. The van der Waals surface area contributed by atoms with Gasteiger partial charge in [-0.25, -0.2) is 9.97 Å². The summed E-state index contributed by atoms with van der Waals surface area (Å²) in [6.45, 7) is 2.00. The number of ether oxygens (including phenoxy) is 1. The molecule has 1 aliphatic rings. The second-order valence-electron chi connectivity index (χ2n) is 5.89. The van der Waals surface area contributed by atoms with E-state index in [9.17, 15) is 4.79 Å². The smallest absolute Gasteiger partial charge is 0.242 e. The number of nitrogens with zero attached hydrogens (tertiary/aromatic N) is 5. The van der Waals surface area contributed by atoms with Gasteiger partial charge in [0.15, 0.2) is 5.82 Å². The average molecular weight is 338 g/mol. The van der Waals surface area contributed by atoms with E-state index in [2.05, 4.69) is 20.2 Å². The molecule has 25 heavy (non-hydrogen) atoms. The van der Waals surface area contributed by atoms with E-state index in [1.54, 1.807) is 23.3 Å². The maximum absolute atomic E-state index is 12.5. The molecule has 0 bridgehead atoms. The molecule has 1 saturated heterocycles. The molecule has 1 N–H and O–H groups in total. The fourth-order valence-corrected chi connectivity index (χ4v) is 2.91. The molecule has 0 aliphatic carbocycles. The molecule has 1 aromatic carbocycles. The number of benzene rings is 1. The molecular formula is C17H18N6O2. The highest BCUT2D eigenvalue weighted by molar-refractivity contribution is 5.76.